The van der Waals surface area contributed by atoms with Gasteiger partial charge in [0.2, 0.25) is 5.89 Å². The molecule has 0 atom stereocenters. The Morgan fingerprint density at radius 1 is 0.733 bits per heavy atom. The van der Waals surface area contributed by atoms with E-state index in [1.807, 2.05) is 54.7 Å². The van der Waals surface area contributed by atoms with Crippen molar-refractivity contribution in [2.24, 2.45) is 0 Å². The lowest BCUT2D eigenvalue weighted by molar-refractivity contribution is 0.226. The van der Waals surface area contributed by atoms with Crippen LogP contribution in [0.3, 0.4) is 0 Å². The van der Waals surface area contributed by atoms with E-state index in [4.69, 9.17) is 9.40 Å². The number of pyridine rings is 1. The predicted molar refractivity (Wildman–Crippen MR) is 119 cm³/mol. The van der Waals surface area contributed by atoms with Gasteiger partial charge >= 0.3 is 0 Å². The van der Waals surface area contributed by atoms with E-state index < -0.39 is 0 Å². The van der Waals surface area contributed by atoms with Crippen molar-refractivity contribution in [1.82, 2.24) is 14.9 Å². The summed E-state index contributed by atoms with van der Waals surface area (Å²) in [7, 11) is 0. The van der Waals surface area contributed by atoms with Crippen LogP contribution >= 0.6 is 0 Å². The van der Waals surface area contributed by atoms with Gasteiger partial charge in [-0.1, -0.05) is 66.7 Å². The summed E-state index contributed by atoms with van der Waals surface area (Å²) in [5.74, 6) is 2.65. The lowest BCUT2D eigenvalue weighted by atomic mass is 10.1. The maximum Gasteiger partial charge on any atom is 0.209 e. The van der Waals surface area contributed by atoms with Crippen LogP contribution < -0.4 is 4.90 Å². The molecule has 0 amide bonds. The van der Waals surface area contributed by atoms with Crippen LogP contribution in [-0.4, -0.2) is 41.0 Å². The summed E-state index contributed by atoms with van der Waals surface area (Å²) in [6.07, 6.45) is 1.85. The number of hydrogen-bond donors (Lipinski definition) is 0. The molecule has 5 nitrogen and oxygen atoms in total. The first kappa shape index (κ1) is 18.6. The topological polar surface area (TPSA) is 45.4 Å². The molecule has 1 fully saturated rings. The summed E-state index contributed by atoms with van der Waals surface area (Å²) < 4.78 is 6.29. The quantitative estimate of drug-likeness (QED) is 0.488. The molecule has 0 radical (unpaired) electrons. The molecular formula is C25H24N4O. The van der Waals surface area contributed by atoms with E-state index >= 15 is 0 Å². The molecule has 5 rings (SSSR count). The van der Waals surface area contributed by atoms with Crippen LogP contribution in [0.25, 0.3) is 22.6 Å². The van der Waals surface area contributed by atoms with E-state index in [0.717, 1.165) is 60.5 Å². The number of nitrogens with zero attached hydrogens (tertiary/aromatic N) is 4. The predicted octanol–water partition coefficient (Wildman–Crippen LogP) is 4.73. The average molecular weight is 396 g/mol. The van der Waals surface area contributed by atoms with E-state index in [0.29, 0.717) is 6.54 Å². The summed E-state index contributed by atoms with van der Waals surface area (Å²) >= 11 is 0. The van der Waals surface area contributed by atoms with Gasteiger partial charge < -0.3 is 9.32 Å². The third kappa shape index (κ3) is 3.98. The third-order valence-electron chi connectivity index (χ3n) is 5.46. The number of aromatic nitrogens is 2. The molecule has 30 heavy (non-hydrogen) atoms. The highest BCUT2D eigenvalue weighted by atomic mass is 16.4. The van der Waals surface area contributed by atoms with Crippen molar-refractivity contribution in [3.05, 3.63) is 91.0 Å². The van der Waals surface area contributed by atoms with Gasteiger partial charge in [0, 0.05) is 43.5 Å². The Kier molecular flexibility index (Phi) is 5.27. The highest BCUT2D eigenvalue weighted by Gasteiger charge is 2.22. The minimum atomic E-state index is 0.711. The molecule has 0 bridgehead atoms. The highest BCUT2D eigenvalue weighted by Crippen LogP contribution is 2.33. The minimum Gasteiger partial charge on any atom is -0.439 e. The fourth-order valence-electron chi connectivity index (χ4n) is 3.88. The van der Waals surface area contributed by atoms with Gasteiger partial charge in [0.15, 0.2) is 5.76 Å². The summed E-state index contributed by atoms with van der Waals surface area (Å²) in [5, 5.41) is 0. The van der Waals surface area contributed by atoms with Crippen LogP contribution in [0.15, 0.2) is 89.5 Å². The number of hydrogen-bond acceptors (Lipinski definition) is 5. The van der Waals surface area contributed by atoms with Crippen LogP contribution in [0.1, 0.15) is 5.89 Å². The molecule has 4 aromatic rings. The summed E-state index contributed by atoms with van der Waals surface area (Å²) in [6, 6.07) is 26.6. The van der Waals surface area contributed by atoms with Crippen molar-refractivity contribution in [2.75, 3.05) is 31.1 Å². The summed E-state index contributed by atoms with van der Waals surface area (Å²) in [4.78, 5) is 14.1. The van der Waals surface area contributed by atoms with E-state index in [1.165, 1.54) is 0 Å². The van der Waals surface area contributed by atoms with Crippen molar-refractivity contribution in [2.45, 2.75) is 6.54 Å². The van der Waals surface area contributed by atoms with Crippen LogP contribution in [-0.2, 0) is 6.54 Å². The monoisotopic (exact) mass is 396 g/mol. The van der Waals surface area contributed by atoms with Gasteiger partial charge in [0.05, 0.1) is 6.54 Å². The molecule has 1 aliphatic heterocycles. The molecule has 0 saturated carbocycles. The smallest absolute Gasteiger partial charge is 0.209 e. The van der Waals surface area contributed by atoms with Gasteiger partial charge in [-0.2, -0.15) is 0 Å². The zero-order chi connectivity index (χ0) is 20.2. The van der Waals surface area contributed by atoms with E-state index in [2.05, 4.69) is 45.1 Å². The number of rotatable bonds is 5. The Balaban J connectivity index is 1.35. The van der Waals surface area contributed by atoms with Crippen molar-refractivity contribution in [1.29, 1.82) is 0 Å². The van der Waals surface area contributed by atoms with E-state index in [9.17, 15) is 0 Å². The Morgan fingerprint density at radius 2 is 1.40 bits per heavy atom. The Labute approximate surface area is 176 Å². The first-order valence-corrected chi connectivity index (χ1v) is 10.4. The van der Waals surface area contributed by atoms with E-state index in [-0.39, 0.29) is 0 Å². The normalized spacial score (nSPS) is 14.7. The van der Waals surface area contributed by atoms with Gasteiger partial charge in [-0.05, 0) is 12.1 Å². The van der Waals surface area contributed by atoms with Gasteiger partial charge in [-0.25, -0.2) is 9.97 Å². The van der Waals surface area contributed by atoms with Crippen LogP contribution in [0.5, 0.6) is 0 Å². The molecule has 2 aromatic heterocycles. The third-order valence-corrected chi connectivity index (χ3v) is 5.46. The second-order valence-corrected chi connectivity index (χ2v) is 7.47. The van der Waals surface area contributed by atoms with Crippen LogP contribution in [0.2, 0.25) is 0 Å². The summed E-state index contributed by atoms with van der Waals surface area (Å²) in [5.41, 5.74) is 3.03. The SMILES string of the molecule is c1ccc(-c2nc(CN3CCN(c4ccccn4)CC3)oc2-c2ccccc2)cc1. The largest absolute Gasteiger partial charge is 0.439 e. The molecule has 1 saturated heterocycles. The maximum atomic E-state index is 6.29. The van der Waals surface area contributed by atoms with E-state index in [1.54, 1.807) is 0 Å². The average Bonchev–Trinajstić information content (AvgIpc) is 3.25. The number of oxazole rings is 1. The molecule has 150 valence electrons. The molecule has 0 unspecified atom stereocenters. The second kappa shape index (κ2) is 8.51. The molecule has 0 N–H and O–H groups in total. The van der Waals surface area contributed by atoms with Gasteiger partial charge in [0.1, 0.15) is 11.5 Å². The first-order chi connectivity index (χ1) is 14.9. The molecule has 5 heteroatoms. The van der Waals surface area contributed by atoms with Crippen LogP contribution in [0.4, 0.5) is 5.82 Å². The standard InChI is InChI=1S/C25H24N4O/c1-3-9-20(10-4-1)24-25(21-11-5-2-6-12-21)30-23(27-24)19-28-15-17-29(18-16-28)22-13-7-8-14-26-22/h1-14H,15-19H2. The molecule has 0 spiro atoms. The fourth-order valence-corrected chi connectivity index (χ4v) is 3.88. The number of anilines is 1. The Hall–Kier alpha value is -3.44. The van der Waals surface area contributed by atoms with Gasteiger partial charge in [-0.3, -0.25) is 4.90 Å². The minimum absolute atomic E-state index is 0.711. The summed E-state index contributed by atoms with van der Waals surface area (Å²) in [6.45, 7) is 4.53. The molecule has 0 aliphatic carbocycles. The van der Waals surface area contributed by atoms with Crippen LogP contribution in [0, 0.1) is 0 Å². The Bertz CT molecular complexity index is 1020. The molecule has 3 heterocycles. The van der Waals surface area contributed by atoms with Gasteiger partial charge in [0.25, 0.3) is 0 Å². The maximum absolute atomic E-state index is 6.29. The zero-order valence-corrected chi connectivity index (χ0v) is 16.8. The lowest BCUT2D eigenvalue weighted by Crippen LogP contribution is -2.46. The molecule has 1 aliphatic rings. The van der Waals surface area contributed by atoms with Crippen molar-refractivity contribution in [3.63, 3.8) is 0 Å². The lowest BCUT2D eigenvalue weighted by Gasteiger charge is -2.34. The Morgan fingerprint density at radius 3 is 2.07 bits per heavy atom. The zero-order valence-electron chi connectivity index (χ0n) is 16.8. The number of piperazine rings is 1. The fraction of sp³-hybridized carbons (Fsp3) is 0.200. The first-order valence-electron chi connectivity index (χ1n) is 10.4. The van der Waals surface area contributed by atoms with Crippen molar-refractivity contribution in [3.8, 4) is 22.6 Å². The highest BCUT2D eigenvalue weighted by molar-refractivity contribution is 5.76. The van der Waals surface area contributed by atoms with Gasteiger partial charge in [-0.15, -0.1) is 0 Å². The van der Waals surface area contributed by atoms with Crippen molar-refractivity contribution >= 4 is 5.82 Å². The number of benzene rings is 2. The molecule has 2 aromatic carbocycles. The molecular weight excluding hydrogens is 372 g/mol. The van der Waals surface area contributed by atoms with Crippen molar-refractivity contribution < 1.29 is 4.42 Å². The second-order valence-electron chi connectivity index (χ2n) is 7.47.